The first kappa shape index (κ1) is 21.7. The molecule has 1 heterocycles. The highest BCUT2D eigenvalue weighted by molar-refractivity contribution is 6.05. The van der Waals surface area contributed by atoms with Crippen LogP contribution < -0.4 is 10.9 Å². The summed E-state index contributed by atoms with van der Waals surface area (Å²) in [6.07, 6.45) is -1.76. The number of rotatable bonds is 5. The third kappa shape index (κ3) is 5.47. The number of esters is 1. The van der Waals surface area contributed by atoms with E-state index in [1.165, 1.54) is 12.3 Å². The largest absolute Gasteiger partial charge is 0.465 e. The van der Waals surface area contributed by atoms with Gasteiger partial charge in [0.2, 0.25) is 0 Å². The van der Waals surface area contributed by atoms with Crippen molar-refractivity contribution in [1.82, 2.24) is 4.90 Å². The molecule has 0 atom stereocenters. The van der Waals surface area contributed by atoms with Crippen molar-refractivity contribution in [2.75, 3.05) is 26.5 Å². The van der Waals surface area contributed by atoms with Crippen LogP contribution in [0.4, 0.5) is 18.9 Å². The van der Waals surface area contributed by atoms with Crippen molar-refractivity contribution in [3.63, 3.8) is 0 Å². The molecule has 1 N–H and O–H groups in total. The van der Waals surface area contributed by atoms with Gasteiger partial charge in [-0.1, -0.05) is 6.07 Å². The zero-order valence-corrected chi connectivity index (χ0v) is 15.7. The molecule has 10 heteroatoms. The maximum absolute atomic E-state index is 12.8. The Morgan fingerprint density at radius 3 is 2.48 bits per heavy atom. The molecular formula is C19H17F3N2O5. The number of methoxy groups -OCH3 is 1. The van der Waals surface area contributed by atoms with Crippen molar-refractivity contribution in [1.29, 1.82) is 0 Å². The summed E-state index contributed by atoms with van der Waals surface area (Å²) in [5.74, 6) is -1.91. The van der Waals surface area contributed by atoms with Gasteiger partial charge in [-0.15, -0.1) is 0 Å². The molecule has 154 valence electrons. The van der Waals surface area contributed by atoms with E-state index in [0.717, 1.165) is 31.4 Å². The number of amides is 1. The topological polar surface area (TPSA) is 88.8 Å². The minimum atomic E-state index is -4.63. The van der Waals surface area contributed by atoms with Crippen LogP contribution in [-0.4, -0.2) is 38.0 Å². The lowest BCUT2D eigenvalue weighted by Crippen LogP contribution is -2.20. The van der Waals surface area contributed by atoms with Crippen LogP contribution in [0.15, 0.2) is 45.7 Å². The number of nitrogens with one attached hydrogen (secondary N) is 1. The van der Waals surface area contributed by atoms with E-state index in [0.29, 0.717) is 6.07 Å². The van der Waals surface area contributed by atoms with Crippen LogP contribution in [0.5, 0.6) is 0 Å². The number of hydrogen-bond acceptors (Lipinski definition) is 6. The van der Waals surface area contributed by atoms with Crippen molar-refractivity contribution < 1.29 is 31.9 Å². The second kappa shape index (κ2) is 8.63. The summed E-state index contributed by atoms with van der Waals surface area (Å²) in [6, 6.07) is 4.72. The number of alkyl halides is 3. The van der Waals surface area contributed by atoms with Crippen molar-refractivity contribution in [2.45, 2.75) is 6.18 Å². The number of ether oxygens (including phenoxy) is 1. The van der Waals surface area contributed by atoms with Gasteiger partial charge in [0.15, 0.2) is 0 Å². The minimum Gasteiger partial charge on any atom is -0.465 e. The fourth-order valence-corrected chi connectivity index (χ4v) is 2.21. The van der Waals surface area contributed by atoms with Crippen molar-refractivity contribution in [3.8, 4) is 0 Å². The number of halogens is 3. The monoisotopic (exact) mass is 410 g/mol. The number of carbonyl (C=O) groups is 2. The fourth-order valence-electron chi connectivity index (χ4n) is 2.21. The quantitative estimate of drug-likeness (QED) is 0.762. The van der Waals surface area contributed by atoms with E-state index in [4.69, 9.17) is 4.42 Å². The van der Waals surface area contributed by atoms with E-state index in [9.17, 15) is 27.6 Å². The Kier molecular flexibility index (Phi) is 6.47. The molecule has 0 radical (unpaired) electrons. The van der Waals surface area contributed by atoms with Gasteiger partial charge >= 0.3 is 17.8 Å². The second-order valence-electron chi connectivity index (χ2n) is 6.03. The van der Waals surface area contributed by atoms with Gasteiger partial charge in [0.25, 0.3) is 5.91 Å². The molecule has 1 aromatic heterocycles. The first-order valence-electron chi connectivity index (χ1n) is 8.12. The van der Waals surface area contributed by atoms with Crippen LogP contribution in [0.2, 0.25) is 0 Å². The number of nitrogens with zero attached hydrogens (tertiary/aromatic N) is 1. The molecule has 0 fully saturated rings. The van der Waals surface area contributed by atoms with Gasteiger partial charge in [0, 0.05) is 25.9 Å². The van der Waals surface area contributed by atoms with Crippen molar-refractivity contribution >= 4 is 23.6 Å². The van der Waals surface area contributed by atoms with E-state index in [1.807, 2.05) is 0 Å². The molecule has 2 aromatic rings. The fraction of sp³-hybridized carbons (Fsp3) is 0.211. The molecule has 1 amide bonds. The van der Waals surface area contributed by atoms with E-state index < -0.39 is 34.9 Å². The predicted molar refractivity (Wildman–Crippen MR) is 98.4 cm³/mol. The van der Waals surface area contributed by atoms with E-state index in [1.54, 1.807) is 19.0 Å². The molecule has 0 bridgehead atoms. The molecule has 29 heavy (non-hydrogen) atoms. The molecule has 0 aliphatic heterocycles. The maximum Gasteiger partial charge on any atom is 0.416 e. The average molecular weight is 410 g/mol. The average Bonchev–Trinajstić information content (AvgIpc) is 2.66. The zero-order chi connectivity index (χ0) is 21.8. The molecule has 0 aliphatic rings. The third-order valence-electron chi connectivity index (χ3n) is 3.61. The Hall–Kier alpha value is -3.56. The molecule has 1 aromatic carbocycles. The minimum absolute atomic E-state index is 0.104. The number of benzene rings is 1. The third-order valence-corrected chi connectivity index (χ3v) is 3.61. The van der Waals surface area contributed by atoms with Gasteiger partial charge < -0.3 is 19.4 Å². The lowest BCUT2D eigenvalue weighted by molar-refractivity contribution is -0.137. The predicted octanol–water partition coefficient (Wildman–Crippen LogP) is 3.23. The van der Waals surface area contributed by atoms with Gasteiger partial charge in [-0.2, -0.15) is 13.2 Å². The second-order valence-corrected chi connectivity index (χ2v) is 6.03. The van der Waals surface area contributed by atoms with Crippen LogP contribution >= 0.6 is 0 Å². The maximum atomic E-state index is 12.8. The van der Waals surface area contributed by atoms with Gasteiger partial charge in [0.05, 0.1) is 12.7 Å². The molecular weight excluding hydrogens is 393 g/mol. The van der Waals surface area contributed by atoms with Crippen LogP contribution in [0.25, 0.3) is 6.08 Å². The van der Waals surface area contributed by atoms with Gasteiger partial charge in [-0.3, -0.25) is 4.79 Å². The van der Waals surface area contributed by atoms with Gasteiger partial charge in [-0.05, 0) is 30.3 Å². The summed E-state index contributed by atoms with van der Waals surface area (Å²) in [5, 5.41) is 2.16. The highest BCUT2D eigenvalue weighted by Gasteiger charge is 2.31. The van der Waals surface area contributed by atoms with Crippen LogP contribution in [0.1, 0.15) is 32.0 Å². The SMILES string of the molecule is COC(=O)c1cc(NC(=O)c2cccc(C(F)(F)F)c2)c(=O)oc1/C=C/N(C)C. The Bertz CT molecular complexity index is 1010. The standard InChI is InChI=1S/C19H17F3N2O5/c1-24(2)8-7-15-13(17(26)28-3)10-14(18(27)29-15)23-16(25)11-5-4-6-12(9-11)19(20,21)22/h4-10H,1-3H3,(H,23,25)/b8-7+. The van der Waals surface area contributed by atoms with Crippen molar-refractivity contribution in [2.24, 2.45) is 0 Å². The Morgan fingerprint density at radius 1 is 1.21 bits per heavy atom. The highest BCUT2D eigenvalue weighted by atomic mass is 19.4. The van der Waals surface area contributed by atoms with E-state index in [2.05, 4.69) is 10.1 Å². The van der Waals surface area contributed by atoms with Crippen LogP contribution in [-0.2, 0) is 10.9 Å². The highest BCUT2D eigenvalue weighted by Crippen LogP contribution is 2.29. The number of carbonyl (C=O) groups excluding carboxylic acids is 2. The number of hydrogen-bond donors (Lipinski definition) is 1. The Morgan fingerprint density at radius 2 is 1.90 bits per heavy atom. The molecule has 0 saturated heterocycles. The van der Waals surface area contributed by atoms with Crippen LogP contribution in [0, 0.1) is 0 Å². The summed E-state index contributed by atoms with van der Waals surface area (Å²) >= 11 is 0. The summed E-state index contributed by atoms with van der Waals surface area (Å²) in [5.41, 5.74) is -2.90. The summed E-state index contributed by atoms with van der Waals surface area (Å²) < 4.78 is 48.2. The first-order valence-corrected chi connectivity index (χ1v) is 8.12. The van der Waals surface area contributed by atoms with E-state index >= 15 is 0 Å². The number of anilines is 1. The Labute approximate surface area is 163 Å². The molecule has 7 nitrogen and oxygen atoms in total. The summed E-state index contributed by atoms with van der Waals surface area (Å²) in [7, 11) is 4.53. The lowest BCUT2D eigenvalue weighted by Gasteiger charge is -2.10. The molecule has 0 spiro atoms. The van der Waals surface area contributed by atoms with Gasteiger partial charge in [-0.25, -0.2) is 9.59 Å². The smallest absolute Gasteiger partial charge is 0.416 e. The zero-order valence-electron chi connectivity index (χ0n) is 15.7. The van der Waals surface area contributed by atoms with Gasteiger partial charge in [0.1, 0.15) is 17.0 Å². The van der Waals surface area contributed by atoms with Crippen molar-refractivity contribution in [3.05, 3.63) is 69.4 Å². The molecule has 0 saturated carbocycles. The summed E-state index contributed by atoms with van der Waals surface area (Å²) in [4.78, 5) is 38.1. The Balaban J connectivity index is 2.41. The van der Waals surface area contributed by atoms with E-state index in [-0.39, 0.29) is 16.9 Å². The molecule has 0 unspecified atom stereocenters. The molecule has 0 aliphatic carbocycles. The normalized spacial score (nSPS) is 11.4. The first-order chi connectivity index (χ1) is 13.5. The lowest BCUT2D eigenvalue weighted by atomic mass is 10.1. The summed E-state index contributed by atoms with van der Waals surface area (Å²) in [6.45, 7) is 0. The van der Waals surface area contributed by atoms with Crippen LogP contribution in [0.3, 0.4) is 0 Å². The molecule has 2 rings (SSSR count).